The molecule has 1 heterocycles. The molecule has 1 nitrogen and oxygen atoms in total. The quantitative estimate of drug-likeness (QED) is 0.648. The monoisotopic (exact) mass is 206 g/mol. The molecule has 0 saturated heterocycles. The van der Waals surface area contributed by atoms with Crippen molar-refractivity contribution < 1.29 is 4.79 Å². The molecule has 0 N–H and O–H groups in total. The van der Waals surface area contributed by atoms with Gasteiger partial charge in [-0.2, -0.15) is 11.8 Å². The Morgan fingerprint density at radius 3 is 3.00 bits per heavy atom. The molecule has 0 saturated carbocycles. The topological polar surface area (TPSA) is 17.1 Å². The van der Waals surface area contributed by atoms with Crippen LogP contribution < -0.4 is 0 Å². The zero-order chi connectivity index (χ0) is 10.1. The van der Waals surface area contributed by atoms with Crippen molar-refractivity contribution >= 4 is 17.5 Å². The summed E-state index contributed by atoms with van der Waals surface area (Å²) in [6.45, 7) is 4.16. The molecule has 14 heavy (non-hydrogen) atoms. The highest BCUT2D eigenvalue weighted by Crippen LogP contribution is 2.29. The van der Waals surface area contributed by atoms with E-state index in [0.717, 1.165) is 11.3 Å². The van der Waals surface area contributed by atoms with E-state index in [1.165, 1.54) is 11.1 Å². The number of carbonyl (C=O) groups is 1. The summed E-state index contributed by atoms with van der Waals surface area (Å²) in [6.07, 6.45) is 0.682. The molecule has 0 radical (unpaired) electrons. The van der Waals surface area contributed by atoms with E-state index >= 15 is 0 Å². The first-order valence-electron chi connectivity index (χ1n) is 4.91. The minimum absolute atomic E-state index is 0.307. The summed E-state index contributed by atoms with van der Waals surface area (Å²) in [5, 5.41) is 0.454. The van der Waals surface area contributed by atoms with Gasteiger partial charge in [0.05, 0.1) is 0 Å². The van der Waals surface area contributed by atoms with Crippen molar-refractivity contribution in [2.24, 2.45) is 0 Å². The molecule has 0 amide bonds. The number of thioether (sulfide) groups is 1. The Morgan fingerprint density at radius 1 is 1.43 bits per heavy atom. The summed E-state index contributed by atoms with van der Waals surface area (Å²) in [7, 11) is 0. The van der Waals surface area contributed by atoms with Crippen LogP contribution in [-0.4, -0.2) is 11.0 Å². The first-order valence-corrected chi connectivity index (χ1v) is 5.96. The number of ketones is 1. The van der Waals surface area contributed by atoms with Crippen LogP contribution in [0.1, 0.15) is 34.8 Å². The lowest BCUT2D eigenvalue weighted by atomic mass is 10.00. The number of Topliss-reactive ketones (excluding diaryl/α,β-unsaturated/α-hetero) is 1. The summed E-state index contributed by atoms with van der Waals surface area (Å²) >= 11 is 1.87. The van der Waals surface area contributed by atoms with Crippen LogP contribution in [0.2, 0.25) is 0 Å². The van der Waals surface area contributed by atoms with E-state index in [4.69, 9.17) is 0 Å². The predicted molar refractivity (Wildman–Crippen MR) is 60.9 cm³/mol. The second-order valence-corrected chi connectivity index (χ2v) is 5.34. The van der Waals surface area contributed by atoms with Crippen LogP contribution in [0.25, 0.3) is 0 Å². The van der Waals surface area contributed by atoms with E-state index in [-0.39, 0.29) is 0 Å². The second kappa shape index (κ2) is 3.77. The highest BCUT2D eigenvalue weighted by atomic mass is 32.2. The van der Waals surface area contributed by atoms with Gasteiger partial charge in [-0.3, -0.25) is 4.79 Å². The van der Waals surface area contributed by atoms with E-state index in [1.807, 2.05) is 24.8 Å². The normalized spacial score (nSPS) is 21.6. The van der Waals surface area contributed by atoms with Gasteiger partial charge in [0.15, 0.2) is 5.78 Å². The molecule has 74 valence electrons. The average molecular weight is 206 g/mol. The van der Waals surface area contributed by atoms with Crippen molar-refractivity contribution in [2.45, 2.75) is 31.3 Å². The molecule has 2 heteroatoms. The third kappa shape index (κ3) is 1.85. The lowest BCUT2D eigenvalue weighted by molar-refractivity contribution is 0.0983. The fourth-order valence-corrected chi connectivity index (χ4v) is 2.72. The average Bonchev–Trinajstić information content (AvgIpc) is 2.27. The zero-order valence-electron chi connectivity index (χ0n) is 8.54. The van der Waals surface area contributed by atoms with Gasteiger partial charge in [0.1, 0.15) is 0 Å². The van der Waals surface area contributed by atoms with Crippen LogP contribution in [-0.2, 0) is 5.75 Å². The largest absolute Gasteiger partial charge is 0.294 e. The Balaban J connectivity index is 2.44. The van der Waals surface area contributed by atoms with Crippen LogP contribution in [0.3, 0.4) is 0 Å². The zero-order valence-corrected chi connectivity index (χ0v) is 9.36. The molecule has 1 aromatic rings. The maximum Gasteiger partial charge on any atom is 0.164 e. The van der Waals surface area contributed by atoms with Crippen molar-refractivity contribution in [1.82, 2.24) is 0 Å². The standard InChI is InChI=1S/C12H14OS/c1-8-3-4-10-7-14-9(2)6-12(13)11(10)5-8/h3-5,9H,6-7H2,1-2H3. The van der Waals surface area contributed by atoms with E-state index in [9.17, 15) is 4.79 Å². The summed E-state index contributed by atoms with van der Waals surface area (Å²) in [4.78, 5) is 11.9. The maximum atomic E-state index is 11.9. The minimum Gasteiger partial charge on any atom is -0.294 e. The molecule has 0 bridgehead atoms. The molecule has 0 aliphatic carbocycles. The Kier molecular flexibility index (Phi) is 2.64. The Morgan fingerprint density at radius 2 is 2.21 bits per heavy atom. The van der Waals surface area contributed by atoms with Crippen molar-refractivity contribution in [3.05, 3.63) is 34.9 Å². The highest BCUT2D eigenvalue weighted by Gasteiger charge is 2.19. The minimum atomic E-state index is 0.307. The van der Waals surface area contributed by atoms with Gasteiger partial charge in [-0.1, -0.05) is 24.6 Å². The first kappa shape index (κ1) is 9.78. The third-order valence-electron chi connectivity index (χ3n) is 2.56. The van der Waals surface area contributed by atoms with Crippen LogP contribution in [0.4, 0.5) is 0 Å². The van der Waals surface area contributed by atoms with Crippen molar-refractivity contribution in [1.29, 1.82) is 0 Å². The number of hydrogen-bond donors (Lipinski definition) is 0. The molecule has 0 aromatic heterocycles. The molecule has 0 spiro atoms. The molecule has 1 unspecified atom stereocenters. The number of fused-ring (bicyclic) bond motifs is 1. The summed E-state index contributed by atoms with van der Waals surface area (Å²) in [5.74, 6) is 1.28. The summed E-state index contributed by atoms with van der Waals surface area (Å²) in [6, 6.07) is 6.20. The van der Waals surface area contributed by atoms with Crippen molar-refractivity contribution in [3.63, 3.8) is 0 Å². The number of hydrogen-bond acceptors (Lipinski definition) is 2. The van der Waals surface area contributed by atoms with Crippen LogP contribution in [0, 0.1) is 6.92 Å². The number of carbonyl (C=O) groups excluding carboxylic acids is 1. The maximum absolute atomic E-state index is 11.9. The van der Waals surface area contributed by atoms with Crippen molar-refractivity contribution in [3.8, 4) is 0 Å². The summed E-state index contributed by atoms with van der Waals surface area (Å²) < 4.78 is 0. The van der Waals surface area contributed by atoms with Gasteiger partial charge in [-0.25, -0.2) is 0 Å². The molecule has 1 aliphatic rings. The van der Waals surface area contributed by atoms with Gasteiger partial charge in [-0.05, 0) is 18.6 Å². The van der Waals surface area contributed by atoms with Gasteiger partial charge >= 0.3 is 0 Å². The molecule has 0 fully saturated rings. The van der Waals surface area contributed by atoms with Crippen LogP contribution in [0.5, 0.6) is 0 Å². The molecular formula is C12H14OS. The van der Waals surface area contributed by atoms with Crippen LogP contribution >= 0.6 is 11.8 Å². The smallest absolute Gasteiger partial charge is 0.164 e. The van der Waals surface area contributed by atoms with Crippen molar-refractivity contribution in [2.75, 3.05) is 0 Å². The Bertz CT molecular complexity index is 371. The predicted octanol–water partition coefficient (Wildman–Crippen LogP) is 3.20. The van der Waals surface area contributed by atoms with Gasteiger partial charge in [0.2, 0.25) is 0 Å². The molecule has 1 aromatic carbocycles. The number of aryl methyl sites for hydroxylation is 1. The van der Waals surface area contributed by atoms with E-state index < -0.39 is 0 Å². The van der Waals surface area contributed by atoms with Gasteiger partial charge in [-0.15, -0.1) is 0 Å². The lowest BCUT2D eigenvalue weighted by Gasteiger charge is -2.04. The van der Waals surface area contributed by atoms with Crippen LogP contribution in [0.15, 0.2) is 18.2 Å². The van der Waals surface area contributed by atoms with Gasteiger partial charge < -0.3 is 0 Å². The van der Waals surface area contributed by atoms with E-state index in [1.54, 1.807) is 0 Å². The number of benzene rings is 1. The second-order valence-electron chi connectivity index (χ2n) is 3.91. The first-order chi connectivity index (χ1) is 6.66. The molecule has 1 aliphatic heterocycles. The van der Waals surface area contributed by atoms with E-state index in [2.05, 4.69) is 19.1 Å². The Hall–Kier alpha value is -0.760. The molecular weight excluding hydrogens is 192 g/mol. The molecule has 1 atom stereocenters. The lowest BCUT2D eigenvalue weighted by Crippen LogP contribution is -2.05. The number of rotatable bonds is 0. The summed E-state index contributed by atoms with van der Waals surface area (Å²) in [5.41, 5.74) is 3.33. The molecule has 2 rings (SSSR count). The Labute approximate surface area is 88.9 Å². The van der Waals surface area contributed by atoms with Gasteiger partial charge in [0, 0.05) is 23.0 Å². The SMILES string of the molecule is Cc1ccc2c(c1)C(=O)CC(C)SC2. The van der Waals surface area contributed by atoms with Gasteiger partial charge in [0.25, 0.3) is 0 Å². The fourth-order valence-electron chi connectivity index (χ4n) is 1.74. The third-order valence-corrected chi connectivity index (χ3v) is 3.78. The van der Waals surface area contributed by atoms with E-state index in [0.29, 0.717) is 17.5 Å². The highest BCUT2D eigenvalue weighted by molar-refractivity contribution is 7.99. The fraction of sp³-hybridized carbons (Fsp3) is 0.417.